The van der Waals surface area contributed by atoms with Gasteiger partial charge in [-0.2, -0.15) is 0 Å². The Labute approximate surface area is 104 Å². The quantitative estimate of drug-likeness (QED) is 0.796. The molecule has 0 saturated carbocycles. The first-order valence-electron chi connectivity index (χ1n) is 6.21. The van der Waals surface area contributed by atoms with E-state index in [1.54, 1.807) is 12.1 Å². The summed E-state index contributed by atoms with van der Waals surface area (Å²) in [5.74, 6) is 0.857. The molecular weight excluding hydrogens is 212 g/mol. The van der Waals surface area contributed by atoms with Gasteiger partial charge in [0.2, 0.25) is 0 Å². The van der Waals surface area contributed by atoms with Crippen molar-refractivity contribution in [1.29, 1.82) is 0 Å². The van der Waals surface area contributed by atoms with E-state index in [-0.39, 0.29) is 6.04 Å². The predicted octanol–water partition coefficient (Wildman–Crippen LogP) is 2.20. The molecule has 0 radical (unpaired) electrons. The molecule has 0 heterocycles. The minimum atomic E-state index is 0.275. The van der Waals surface area contributed by atoms with Gasteiger partial charge < -0.3 is 15.7 Å². The Balaban J connectivity index is 2.34. The molecule has 1 aromatic carbocycles. The summed E-state index contributed by atoms with van der Waals surface area (Å²) in [6.45, 7) is 6.21. The number of nitrogens with two attached hydrogens (primary N) is 1. The highest BCUT2D eigenvalue weighted by atomic mass is 16.3. The van der Waals surface area contributed by atoms with Crippen LogP contribution < -0.4 is 5.73 Å². The third-order valence-corrected chi connectivity index (χ3v) is 3.09. The molecule has 0 amide bonds. The number of hydrogen-bond donors (Lipinski definition) is 2. The van der Waals surface area contributed by atoms with Gasteiger partial charge in [0.05, 0.1) is 0 Å². The van der Waals surface area contributed by atoms with Crippen LogP contribution in [-0.4, -0.2) is 29.6 Å². The number of nitrogens with zero attached hydrogens (tertiary/aromatic N) is 1. The lowest BCUT2D eigenvalue weighted by molar-refractivity contribution is 0.296. The summed E-state index contributed by atoms with van der Waals surface area (Å²) >= 11 is 0. The van der Waals surface area contributed by atoms with Gasteiger partial charge in [-0.1, -0.05) is 26.0 Å². The number of aromatic hydroxyl groups is 1. The van der Waals surface area contributed by atoms with Crippen LogP contribution in [0.4, 0.5) is 0 Å². The standard InChI is InChI=1S/C14H24N2O/c1-11(2)14(15)8-9-16(3)10-12-4-6-13(17)7-5-12/h4-7,11,14,17H,8-10,15H2,1-3H3. The lowest BCUT2D eigenvalue weighted by atomic mass is 10.0. The maximum absolute atomic E-state index is 9.20. The first-order valence-corrected chi connectivity index (χ1v) is 6.21. The van der Waals surface area contributed by atoms with Gasteiger partial charge in [-0.25, -0.2) is 0 Å². The van der Waals surface area contributed by atoms with E-state index in [2.05, 4.69) is 25.8 Å². The second-order valence-electron chi connectivity index (χ2n) is 5.10. The smallest absolute Gasteiger partial charge is 0.115 e. The van der Waals surface area contributed by atoms with Crippen molar-refractivity contribution in [3.63, 3.8) is 0 Å². The molecule has 0 aromatic heterocycles. The Kier molecular flexibility index (Phi) is 5.45. The summed E-state index contributed by atoms with van der Waals surface area (Å²) in [4.78, 5) is 2.26. The van der Waals surface area contributed by atoms with E-state index >= 15 is 0 Å². The molecule has 0 fully saturated rings. The summed E-state index contributed by atoms with van der Waals surface area (Å²) in [5.41, 5.74) is 7.23. The van der Waals surface area contributed by atoms with Crippen LogP contribution in [0.25, 0.3) is 0 Å². The molecule has 0 saturated heterocycles. The van der Waals surface area contributed by atoms with Crippen LogP contribution in [0.2, 0.25) is 0 Å². The number of phenols is 1. The minimum absolute atomic E-state index is 0.275. The highest BCUT2D eigenvalue weighted by Crippen LogP contribution is 2.11. The fourth-order valence-corrected chi connectivity index (χ4v) is 1.69. The van der Waals surface area contributed by atoms with Gasteiger partial charge in [0.25, 0.3) is 0 Å². The van der Waals surface area contributed by atoms with Crippen LogP contribution in [0.1, 0.15) is 25.8 Å². The lowest BCUT2D eigenvalue weighted by Crippen LogP contribution is -2.31. The molecule has 3 heteroatoms. The van der Waals surface area contributed by atoms with Crippen LogP contribution in [0, 0.1) is 5.92 Å². The summed E-state index contributed by atoms with van der Waals surface area (Å²) in [6.07, 6.45) is 1.02. The van der Waals surface area contributed by atoms with Crippen LogP contribution in [0.15, 0.2) is 24.3 Å². The first kappa shape index (κ1) is 14.0. The molecule has 0 spiro atoms. The molecule has 3 nitrogen and oxygen atoms in total. The van der Waals surface area contributed by atoms with Gasteiger partial charge in [0, 0.05) is 12.6 Å². The molecule has 0 aliphatic carbocycles. The Morgan fingerprint density at radius 2 is 1.82 bits per heavy atom. The van der Waals surface area contributed by atoms with Gasteiger partial charge in [-0.3, -0.25) is 0 Å². The van der Waals surface area contributed by atoms with Crippen LogP contribution in [-0.2, 0) is 6.54 Å². The molecule has 1 atom stereocenters. The molecule has 96 valence electrons. The maximum atomic E-state index is 9.20. The second kappa shape index (κ2) is 6.62. The second-order valence-corrected chi connectivity index (χ2v) is 5.10. The maximum Gasteiger partial charge on any atom is 0.115 e. The van der Waals surface area contributed by atoms with Crippen molar-refractivity contribution < 1.29 is 5.11 Å². The average Bonchev–Trinajstić information content (AvgIpc) is 2.29. The summed E-state index contributed by atoms with van der Waals surface area (Å²) in [7, 11) is 2.10. The number of hydrogen-bond acceptors (Lipinski definition) is 3. The van der Waals surface area contributed by atoms with Gasteiger partial charge in [0.15, 0.2) is 0 Å². The molecule has 1 rings (SSSR count). The molecule has 0 bridgehead atoms. The van der Waals surface area contributed by atoms with Gasteiger partial charge in [-0.05, 0) is 43.6 Å². The van der Waals surface area contributed by atoms with E-state index in [4.69, 9.17) is 5.73 Å². The monoisotopic (exact) mass is 236 g/mol. The summed E-state index contributed by atoms with van der Waals surface area (Å²) in [5, 5.41) is 9.20. The van der Waals surface area contributed by atoms with E-state index in [9.17, 15) is 5.11 Å². The van der Waals surface area contributed by atoms with Gasteiger partial charge >= 0.3 is 0 Å². The fourth-order valence-electron chi connectivity index (χ4n) is 1.69. The molecule has 3 N–H and O–H groups in total. The molecule has 1 unspecified atom stereocenters. The van der Waals surface area contributed by atoms with Crippen molar-refractivity contribution in [3.05, 3.63) is 29.8 Å². The normalized spacial score (nSPS) is 13.3. The number of rotatable bonds is 6. The number of benzene rings is 1. The SMILES string of the molecule is CC(C)C(N)CCN(C)Cc1ccc(O)cc1. The topological polar surface area (TPSA) is 49.5 Å². The predicted molar refractivity (Wildman–Crippen MR) is 71.9 cm³/mol. The van der Waals surface area contributed by atoms with Crippen molar-refractivity contribution >= 4 is 0 Å². The molecule has 17 heavy (non-hydrogen) atoms. The molecule has 1 aromatic rings. The third-order valence-electron chi connectivity index (χ3n) is 3.09. The number of phenolic OH excluding ortho intramolecular Hbond substituents is 1. The lowest BCUT2D eigenvalue weighted by Gasteiger charge is -2.21. The third kappa shape index (κ3) is 5.20. The summed E-state index contributed by atoms with van der Waals surface area (Å²) < 4.78 is 0. The van der Waals surface area contributed by atoms with Gasteiger partial charge in [0.1, 0.15) is 5.75 Å². The first-order chi connectivity index (χ1) is 7.99. The zero-order valence-corrected chi connectivity index (χ0v) is 11.1. The molecule has 0 aliphatic heterocycles. The highest BCUT2D eigenvalue weighted by Gasteiger charge is 2.08. The Hall–Kier alpha value is -1.06. The zero-order chi connectivity index (χ0) is 12.8. The Bertz CT molecular complexity index is 321. The van der Waals surface area contributed by atoms with E-state index in [1.165, 1.54) is 5.56 Å². The zero-order valence-electron chi connectivity index (χ0n) is 11.1. The van der Waals surface area contributed by atoms with E-state index < -0.39 is 0 Å². The minimum Gasteiger partial charge on any atom is -0.508 e. The van der Waals surface area contributed by atoms with Crippen molar-refractivity contribution in [1.82, 2.24) is 4.90 Å². The van der Waals surface area contributed by atoms with Crippen molar-refractivity contribution in [3.8, 4) is 5.75 Å². The molecular formula is C14H24N2O. The van der Waals surface area contributed by atoms with Crippen LogP contribution in [0.5, 0.6) is 5.75 Å². The van der Waals surface area contributed by atoms with E-state index in [1.807, 2.05) is 12.1 Å². The van der Waals surface area contributed by atoms with Crippen LogP contribution >= 0.6 is 0 Å². The fraction of sp³-hybridized carbons (Fsp3) is 0.571. The largest absolute Gasteiger partial charge is 0.508 e. The van der Waals surface area contributed by atoms with Crippen LogP contribution in [0.3, 0.4) is 0 Å². The van der Waals surface area contributed by atoms with Crippen molar-refractivity contribution in [2.24, 2.45) is 11.7 Å². The van der Waals surface area contributed by atoms with E-state index in [0.29, 0.717) is 11.7 Å². The van der Waals surface area contributed by atoms with E-state index in [0.717, 1.165) is 19.5 Å². The van der Waals surface area contributed by atoms with Crippen molar-refractivity contribution in [2.75, 3.05) is 13.6 Å². The average molecular weight is 236 g/mol. The van der Waals surface area contributed by atoms with Crippen molar-refractivity contribution in [2.45, 2.75) is 32.9 Å². The Morgan fingerprint density at radius 1 is 1.24 bits per heavy atom. The summed E-state index contributed by atoms with van der Waals surface area (Å²) in [6, 6.07) is 7.63. The Morgan fingerprint density at radius 3 is 2.35 bits per heavy atom. The molecule has 0 aliphatic rings. The van der Waals surface area contributed by atoms with Gasteiger partial charge in [-0.15, -0.1) is 0 Å². The highest BCUT2D eigenvalue weighted by molar-refractivity contribution is 5.25.